The van der Waals surface area contributed by atoms with Crippen LogP contribution >= 0.6 is 0 Å². The van der Waals surface area contributed by atoms with E-state index in [0.29, 0.717) is 17.0 Å². The number of amides is 2. The third kappa shape index (κ3) is 5.13. The van der Waals surface area contributed by atoms with Crippen LogP contribution in [-0.2, 0) is 14.3 Å². The average Bonchev–Trinajstić information content (AvgIpc) is 2.44. The van der Waals surface area contributed by atoms with Gasteiger partial charge in [-0.1, -0.05) is 6.07 Å². The number of alkyl halides is 3. The molecule has 2 N–H and O–H groups in total. The molecule has 1 aliphatic rings. The molecule has 0 fully saturated rings. The van der Waals surface area contributed by atoms with Crippen LogP contribution in [0.15, 0.2) is 18.2 Å². The Morgan fingerprint density at radius 3 is 2.91 bits per heavy atom. The number of anilines is 1. The van der Waals surface area contributed by atoms with E-state index in [1.165, 1.54) is 0 Å². The van der Waals surface area contributed by atoms with Gasteiger partial charge in [-0.2, -0.15) is 13.2 Å². The van der Waals surface area contributed by atoms with E-state index in [1.807, 2.05) is 0 Å². The first kappa shape index (κ1) is 17.1. The average molecular weight is 332 g/mol. The molecule has 1 aliphatic heterocycles. The van der Waals surface area contributed by atoms with Crippen molar-refractivity contribution in [1.82, 2.24) is 5.32 Å². The van der Waals surface area contributed by atoms with E-state index < -0.39 is 31.3 Å². The van der Waals surface area contributed by atoms with Crippen molar-refractivity contribution in [2.24, 2.45) is 0 Å². The third-order valence-electron chi connectivity index (χ3n) is 3.01. The molecule has 1 atom stereocenters. The van der Waals surface area contributed by atoms with Crippen molar-refractivity contribution in [3.05, 3.63) is 23.8 Å². The van der Waals surface area contributed by atoms with Gasteiger partial charge in [-0.3, -0.25) is 9.59 Å². The Morgan fingerprint density at radius 1 is 1.48 bits per heavy atom. The van der Waals surface area contributed by atoms with Crippen molar-refractivity contribution in [1.29, 1.82) is 0 Å². The minimum atomic E-state index is -4.47. The van der Waals surface area contributed by atoms with Crippen molar-refractivity contribution in [3.63, 3.8) is 0 Å². The standard InChI is InChI=1S/C14H15F3N2O4/c1-8(18-12(20)5-22-7-14(15,16)17)9-2-3-11-10(4-9)19-13(21)6-23-11/h2-4,8H,5-7H2,1H3,(H,18,20)(H,19,21). The lowest BCUT2D eigenvalue weighted by atomic mass is 10.1. The minimum Gasteiger partial charge on any atom is -0.482 e. The van der Waals surface area contributed by atoms with Gasteiger partial charge in [-0.15, -0.1) is 0 Å². The predicted octanol–water partition coefficient (Wildman–Crippen LogP) is 1.77. The van der Waals surface area contributed by atoms with Crippen LogP contribution in [0.25, 0.3) is 0 Å². The molecule has 1 aromatic rings. The fourth-order valence-corrected chi connectivity index (χ4v) is 2.00. The maximum atomic E-state index is 11.9. The normalized spacial score (nSPS) is 15.2. The fraction of sp³-hybridized carbons (Fsp3) is 0.429. The molecule has 9 heteroatoms. The lowest BCUT2D eigenvalue weighted by Gasteiger charge is -2.21. The number of nitrogens with one attached hydrogen (secondary N) is 2. The van der Waals surface area contributed by atoms with E-state index in [9.17, 15) is 22.8 Å². The second kappa shape index (κ2) is 6.86. The van der Waals surface area contributed by atoms with Crippen LogP contribution in [0.2, 0.25) is 0 Å². The molecule has 126 valence electrons. The molecule has 1 unspecified atom stereocenters. The summed E-state index contributed by atoms with van der Waals surface area (Å²) in [5, 5.41) is 5.15. The number of ether oxygens (including phenoxy) is 2. The highest BCUT2D eigenvalue weighted by molar-refractivity contribution is 5.95. The molecule has 0 spiro atoms. The van der Waals surface area contributed by atoms with E-state index in [-0.39, 0.29) is 12.5 Å². The highest BCUT2D eigenvalue weighted by atomic mass is 19.4. The summed E-state index contributed by atoms with van der Waals surface area (Å²) in [6.45, 7) is -0.560. The molecule has 2 amide bonds. The summed E-state index contributed by atoms with van der Waals surface area (Å²) < 4.78 is 45.3. The van der Waals surface area contributed by atoms with Gasteiger partial charge in [0.1, 0.15) is 19.0 Å². The van der Waals surface area contributed by atoms with Gasteiger partial charge < -0.3 is 20.1 Å². The Balaban J connectivity index is 1.90. The summed E-state index contributed by atoms with van der Waals surface area (Å²) in [6, 6.07) is 4.50. The van der Waals surface area contributed by atoms with Gasteiger partial charge in [-0.25, -0.2) is 0 Å². The van der Waals surface area contributed by atoms with E-state index in [2.05, 4.69) is 15.4 Å². The van der Waals surface area contributed by atoms with E-state index >= 15 is 0 Å². The third-order valence-corrected chi connectivity index (χ3v) is 3.01. The van der Waals surface area contributed by atoms with Crippen LogP contribution in [0.5, 0.6) is 5.75 Å². The van der Waals surface area contributed by atoms with Crippen LogP contribution in [0, 0.1) is 0 Å². The number of carbonyl (C=O) groups excluding carboxylic acids is 2. The Labute approximate surface area is 129 Å². The Hall–Kier alpha value is -2.29. The van der Waals surface area contributed by atoms with Gasteiger partial charge in [0.05, 0.1) is 11.7 Å². The van der Waals surface area contributed by atoms with Crippen molar-refractivity contribution < 1.29 is 32.2 Å². The van der Waals surface area contributed by atoms with E-state index in [4.69, 9.17) is 4.74 Å². The van der Waals surface area contributed by atoms with Crippen LogP contribution in [0.1, 0.15) is 18.5 Å². The summed E-state index contributed by atoms with van der Waals surface area (Å²) >= 11 is 0. The van der Waals surface area contributed by atoms with Gasteiger partial charge in [0.25, 0.3) is 5.91 Å². The zero-order valence-electron chi connectivity index (χ0n) is 12.2. The zero-order valence-corrected chi connectivity index (χ0v) is 12.2. The van der Waals surface area contributed by atoms with Gasteiger partial charge in [0.15, 0.2) is 6.61 Å². The molecule has 0 saturated carbocycles. The lowest BCUT2D eigenvalue weighted by molar-refractivity contribution is -0.175. The van der Waals surface area contributed by atoms with Crippen LogP contribution in [-0.4, -0.2) is 37.8 Å². The number of hydrogen-bond acceptors (Lipinski definition) is 4. The Morgan fingerprint density at radius 2 is 2.22 bits per heavy atom. The molecular formula is C14H15F3N2O4. The van der Waals surface area contributed by atoms with Crippen molar-refractivity contribution in [3.8, 4) is 5.75 Å². The van der Waals surface area contributed by atoms with Crippen LogP contribution in [0.3, 0.4) is 0 Å². The number of benzene rings is 1. The highest BCUT2D eigenvalue weighted by Crippen LogP contribution is 2.30. The SMILES string of the molecule is CC(NC(=O)COCC(F)(F)F)c1ccc2c(c1)NC(=O)CO2. The molecule has 0 radical (unpaired) electrons. The monoisotopic (exact) mass is 332 g/mol. The minimum absolute atomic E-state index is 0.0603. The highest BCUT2D eigenvalue weighted by Gasteiger charge is 2.28. The molecule has 23 heavy (non-hydrogen) atoms. The summed E-state index contributed by atoms with van der Waals surface area (Å²) in [5.74, 6) is -0.438. The fourth-order valence-electron chi connectivity index (χ4n) is 2.00. The molecule has 1 heterocycles. The van der Waals surface area contributed by atoms with Gasteiger partial charge >= 0.3 is 6.18 Å². The van der Waals surface area contributed by atoms with Crippen molar-refractivity contribution in [2.75, 3.05) is 25.1 Å². The quantitative estimate of drug-likeness (QED) is 0.862. The molecule has 1 aromatic carbocycles. The molecule has 2 rings (SSSR count). The Bertz CT molecular complexity index is 604. The number of halogens is 3. The lowest BCUT2D eigenvalue weighted by Crippen LogP contribution is -2.32. The summed E-state index contributed by atoms with van der Waals surface area (Å²) in [7, 11) is 0. The topological polar surface area (TPSA) is 76.7 Å². The van der Waals surface area contributed by atoms with Crippen molar-refractivity contribution >= 4 is 17.5 Å². The van der Waals surface area contributed by atoms with E-state index in [1.54, 1.807) is 25.1 Å². The summed E-state index contributed by atoms with van der Waals surface area (Å²) in [5.41, 5.74) is 1.15. The molecule has 6 nitrogen and oxygen atoms in total. The second-order valence-electron chi connectivity index (χ2n) is 4.99. The first-order valence-corrected chi connectivity index (χ1v) is 6.75. The maximum absolute atomic E-state index is 11.9. The molecule has 0 aliphatic carbocycles. The second-order valence-corrected chi connectivity index (χ2v) is 4.99. The number of rotatable bonds is 5. The number of carbonyl (C=O) groups is 2. The first-order valence-electron chi connectivity index (χ1n) is 6.75. The smallest absolute Gasteiger partial charge is 0.411 e. The number of fused-ring (bicyclic) bond motifs is 1. The van der Waals surface area contributed by atoms with Gasteiger partial charge in [0.2, 0.25) is 5.91 Å². The van der Waals surface area contributed by atoms with Crippen LogP contribution < -0.4 is 15.4 Å². The molecule has 0 bridgehead atoms. The molecule has 0 saturated heterocycles. The van der Waals surface area contributed by atoms with E-state index in [0.717, 1.165) is 0 Å². The Kier molecular flexibility index (Phi) is 5.09. The van der Waals surface area contributed by atoms with Gasteiger partial charge in [0, 0.05) is 0 Å². The van der Waals surface area contributed by atoms with Gasteiger partial charge in [-0.05, 0) is 24.6 Å². The number of hydrogen-bond donors (Lipinski definition) is 2. The van der Waals surface area contributed by atoms with Crippen LogP contribution in [0.4, 0.5) is 18.9 Å². The summed E-state index contributed by atoms with van der Waals surface area (Å²) in [6.07, 6.45) is -4.47. The predicted molar refractivity (Wildman–Crippen MR) is 74.0 cm³/mol. The largest absolute Gasteiger partial charge is 0.482 e. The zero-order chi connectivity index (χ0) is 17.0. The maximum Gasteiger partial charge on any atom is 0.411 e. The first-order chi connectivity index (χ1) is 10.7. The summed E-state index contributed by atoms with van der Waals surface area (Å²) in [4.78, 5) is 22.8. The molecule has 0 aromatic heterocycles. The molecular weight excluding hydrogens is 317 g/mol. The van der Waals surface area contributed by atoms with Crippen molar-refractivity contribution in [2.45, 2.75) is 19.1 Å².